The number of methoxy groups -OCH3 is 1. The van der Waals surface area contributed by atoms with Crippen LogP contribution in [0.1, 0.15) is 44.9 Å². The molecule has 6 heteroatoms. The Morgan fingerprint density at radius 1 is 1.04 bits per heavy atom. The van der Waals surface area contributed by atoms with Crippen LogP contribution in [0.3, 0.4) is 0 Å². The molecule has 0 bridgehead atoms. The molecular formula is C17H23N3O3. The lowest BCUT2D eigenvalue weighted by atomic mass is 9.99. The molecule has 0 aromatic heterocycles. The molecule has 2 amide bonds. The van der Waals surface area contributed by atoms with E-state index in [1.54, 1.807) is 31.4 Å². The lowest BCUT2D eigenvalue weighted by Crippen LogP contribution is -2.33. The normalized spacial score (nSPS) is 15.1. The van der Waals surface area contributed by atoms with Crippen LogP contribution < -0.4 is 15.5 Å². The molecule has 0 unspecified atom stereocenters. The summed E-state index contributed by atoms with van der Waals surface area (Å²) in [6.07, 6.45) is 7.61. The van der Waals surface area contributed by atoms with E-state index in [2.05, 4.69) is 15.8 Å². The number of carbonyl (C=O) groups excluding carboxylic acids is 2. The molecule has 23 heavy (non-hydrogen) atoms. The fourth-order valence-corrected chi connectivity index (χ4v) is 2.49. The zero-order valence-electron chi connectivity index (χ0n) is 13.4. The lowest BCUT2D eigenvalue weighted by Gasteiger charge is -2.11. The highest BCUT2D eigenvalue weighted by molar-refractivity contribution is 6.39. The molecule has 0 aliphatic heterocycles. The lowest BCUT2D eigenvalue weighted by molar-refractivity contribution is -0.136. The van der Waals surface area contributed by atoms with Crippen LogP contribution in [0, 0.1) is 0 Å². The first-order valence-electron chi connectivity index (χ1n) is 8.00. The van der Waals surface area contributed by atoms with E-state index in [0.29, 0.717) is 11.4 Å². The van der Waals surface area contributed by atoms with Crippen LogP contribution in [0.4, 0.5) is 5.69 Å². The quantitative estimate of drug-likeness (QED) is 0.664. The van der Waals surface area contributed by atoms with Crippen molar-refractivity contribution in [1.29, 1.82) is 0 Å². The highest BCUT2D eigenvalue weighted by Gasteiger charge is 2.14. The minimum absolute atomic E-state index is 0.503. The van der Waals surface area contributed by atoms with Gasteiger partial charge in [-0.1, -0.05) is 25.3 Å². The van der Waals surface area contributed by atoms with Crippen molar-refractivity contribution in [2.75, 3.05) is 12.4 Å². The van der Waals surface area contributed by atoms with Crippen molar-refractivity contribution in [3.63, 3.8) is 0 Å². The smallest absolute Gasteiger partial charge is 0.329 e. The van der Waals surface area contributed by atoms with Crippen molar-refractivity contribution in [3.05, 3.63) is 24.3 Å². The standard InChI is InChI=1S/C17H23N3O3/c1-23-15-11-7-10-14(12-15)18-16(21)17(22)20-19-13-8-5-3-2-4-6-9-13/h7,10-12H,2-6,8-9H2,1H3,(H,18,21)(H,20,22). The van der Waals surface area contributed by atoms with Crippen molar-refractivity contribution in [2.24, 2.45) is 5.10 Å². The summed E-state index contributed by atoms with van der Waals surface area (Å²) < 4.78 is 5.07. The minimum Gasteiger partial charge on any atom is -0.497 e. The molecule has 2 N–H and O–H groups in total. The Hall–Kier alpha value is -2.37. The molecule has 1 aromatic rings. The largest absolute Gasteiger partial charge is 0.497 e. The van der Waals surface area contributed by atoms with Crippen molar-refractivity contribution in [2.45, 2.75) is 44.9 Å². The predicted octanol–water partition coefficient (Wildman–Crippen LogP) is 2.85. The number of hydrogen-bond donors (Lipinski definition) is 2. The van der Waals surface area contributed by atoms with E-state index < -0.39 is 11.8 Å². The number of rotatable bonds is 3. The highest BCUT2D eigenvalue weighted by Crippen LogP contribution is 2.16. The highest BCUT2D eigenvalue weighted by atomic mass is 16.5. The monoisotopic (exact) mass is 317 g/mol. The summed E-state index contributed by atoms with van der Waals surface area (Å²) in [5.74, 6) is -0.895. The Morgan fingerprint density at radius 3 is 2.43 bits per heavy atom. The summed E-state index contributed by atoms with van der Waals surface area (Å²) in [4.78, 5) is 23.7. The van der Waals surface area contributed by atoms with Crippen LogP contribution in [0.25, 0.3) is 0 Å². The van der Waals surface area contributed by atoms with E-state index >= 15 is 0 Å². The van der Waals surface area contributed by atoms with Gasteiger partial charge in [0.2, 0.25) is 0 Å². The Bertz CT molecular complexity index is 574. The van der Waals surface area contributed by atoms with Crippen LogP contribution in [0.2, 0.25) is 0 Å². The van der Waals surface area contributed by atoms with Gasteiger partial charge in [-0.2, -0.15) is 5.10 Å². The molecule has 1 aliphatic carbocycles. The second kappa shape index (κ2) is 8.92. The number of amides is 2. The van der Waals surface area contributed by atoms with Gasteiger partial charge in [-0.15, -0.1) is 0 Å². The molecule has 6 nitrogen and oxygen atoms in total. The summed E-state index contributed by atoms with van der Waals surface area (Å²) in [5.41, 5.74) is 3.82. The van der Waals surface area contributed by atoms with Crippen molar-refractivity contribution >= 4 is 23.2 Å². The van der Waals surface area contributed by atoms with Gasteiger partial charge in [0.05, 0.1) is 7.11 Å². The zero-order chi connectivity index (χ0) is 16.5. The van der Waals surface area contributed by atoms with E-state index in [9.17, 15) is 9.59 Å². The van der Waals surface area contributed by atoms with Gasteiger partial charge in [-0.25, -0.2) is 5.43 Å². The topological polar surface area (TPSA) is 79.8 Å². The number of nitrogens with one attached hydrogen (secondary N) is 2. The Labute approximate surface area is 136 Å². The SMILES string of the molecule is COc1cccc(NC(=O)C(=O)NN=C2CCCCCCC2)c1. The predicted molar refractivity (Wildman–Crippen MR) is 89.5 cm³/mol. The van der Waals surface area contributed by atoms with Gasteiger partial charge in [-0.3, -0.25) is 9.59 Å². The summed E-state index contributed by atoms with van der Waals surface area (Å²) in [6, 6.07) is 6.83. The molecule has 124 valence electrons. The summed E-state index contributed by atoms with van der Waals surface area (Å²) in [5, 5.41) is 6.64. The Morgan fingerprint density at radius 2 is 1.74 bits per heavy atom. The van der Waals surface area contributed by atoms with Crippen molar-refractivity contribution < 1.29 is 14.3 Å². The molecule has 1 aromatic carbocycles. The van der Waals surface area contributed by atoms with E-state index in [1.165, 1.54) is 19.3 Å². The van der Waals surface area contributed by atoms with Gasteiger partial charge in [0, 0.05) is 17.5 Å². The fraction of sp³-hybridized carbons (Fsp3) is 0.471. The van der Waals surface area contributed by atoms with Gasteiger partial charge in [-0.05, 0) is 37.8 Å². The van der Waals surface area contributed by atoms with Crippen LogP contribution in [0.15, 0.2) is 29.4 Å². The molecule has 0 heterocycles. The second-order valence-corrected chi connectivity index (χ2v) is 5.57. The second-order valence-electron chi connectivity index (χ2n) is 5.57. The molecule has 0 atom stereocenters. The summed E-state index contributed by atoms with van der Waals surface area (Å²) in [6.45, 7) is 0. The van der Waals surface area contributed by atoms with E-state index in [1.807, 2.05) is 0 Å². The molecule has 1 aliphatic rings. The van der Waals surface area contributed by atoms with Gasteiger partial charge in [0.15, 0.2) is 0 Å². The van der Waals surface area contributed by atoms with Gasteiger partial charge in [0.1, 0.15) is 5.75 Å². The van der Waals surface area contributed by atoms with Gasteiger partial charge >= 0.3 is 11.8 Å². The van der Waals surface area contributed by atoms with Crippen LogP contribution >= 0.6 is 0 Å². The Kier molecular flexibility index (Phi) is 6.59. The van der Waals surface area contributed by atoms with Gasteiger partial charge in [0.25, 0.3) is 0 Å². The number of nitrogens with zero attached hydrogens (tertiary/aromatic N) is 1. The molecule has 1 saturated carbocycles. The van der Waals surface area contributed by atoms with E-state index in [0.717, 1.165) is 31.4 Å². The van der Waals surface area contributed by atoms with Crippen LogP contribution in [-0.2, 0) is 9.59 Å². The first-order valence-corrected chi connectivity index (χ1v) is 8.00. The summed E-state index contributed by atoms with van der Waals surface area (Å²) >= 11 is 0. The maximum Gasteiger partial charge on any atom is 0.329 e. The molecule has 0 spiro atoms. The number of hydrazone groups is 1. The average Bonchev–Trinajstić information content (AvgIpc) is 2.53. The van der Waals surface area contributed by atoms with Gasteiger partial charge < -0.3 is 10.1 Å². The zero-order valence-corrected chi connectivity index (χ0v) is 13.4. The number of anilines is 1. The fourth-order valence-electron chi connectivity index (χ4n) is 2.49. The van der Waals surface area contributed by atoms with Crippen LogP contribution in [-0.4, -0.2) is 24.6 Å². The van der Waals surface area contributed by atoms with Crippen molar-refractivity contribution in [1.82, 2.24) is 5.43 Å². The van der Waals surface area contributed by atoms with Crippen molar-refractivity contribution in [3.8, 4) is 5.75 Å². The maximum atomic E-state index is 11.9. The third-order valence-corrected chi connectivity index (χ3v) is 3.78. The summed E-state index contributed by atoms with van der Waals surface area (Å²) in [7, 11) is 1.54. The number of benzene rings is 1. The Balaban J connectivity index is 1.87. The first kappa shape index (κ1) is 17.0. The molecule has 0 saturated heterocycles. The van der Waals surface area contributed by atoms with Crippen LogP contribution in [0.5, 0.6) is 5.75 Å². The van der Waals surface area contributed by atoms with E-state index in [-0.39, 0.29) is 0 Å². The minimum atomic E-state index is -0.762. The first-order chi connectivity index (χ1) is 11.2. The third-order valence-electron chi connectivity index (χ3n) is 3.78. The number of ether oxygens (including phenoxy) is 1. The number of carbonyl (C=O) groups is 2. The number of hydrogen-bond acceptors (Lipinski definition) is 4. The van der Waals surface area contributed by atoms with E-state index in [4.69, 9.17) is 4.74 Å². The molecule has 2 rings (SSSR count). The molecule has 1 fully saturated rings. The third kappa shape index (κ3) is 5.73. The average molecular weight is 317 g/mol. The maximum absolute atomic E-state index is 11.9. The molecule has 0 radical (unpaired) electrons. The molecular weight excluding hydrogens is 294 g/mol.